The van der Waals surface area contributed by atoms with Gasteiger partial charge in [0.15, 0.2) is 0 Å². The number of carbonyl (C=O) groups is 1. The first kappa shape index (κ1) is 15.4. The second-order valence-corrected chi connectivity index (χ2v) is 6.18. The van der Waals surface area contributed by atoms with Crippen LogP contribution in [0.5, 0.6) is 0 Å². The van der Waals surface area contributed by atoms with Crippen LogP contribution in [0.4, 0.5) is 11.4 Å². The molecule has 1 atom stereocenters. The van der Waals surface area contributed by atoms with E-state index in [9.17, 15) is 13.2 Å². The predicted molar refractivity (Wildman–Crippen MR) is 76.8 cm³/mol. The summed E-state index contributed by atoms with van der Waals surface area (Å²) < 4.78 is 31.8. The zero-order valence-electron chi connectivity index (χ0n) is 8.93. The number of hydrogen-bond acceptors (Lipinski definition) is 3. The fourth-order valence-corrected chi connectivity index (χ4v) is 1.93. The molecule has 1 aromatic rings. The molecule has 0 aromatic heterocycles. The van der Waals surface area contributed by atoms with Crippen molar-refractivity contribution in [2.24, 2.45) is 0 Å². The van der Waals surface area contributed by atoms with Crippen LogP contribution in [0.15, 0.2) is 24.3 Å². The highest BCUT2D eigenvalue weighted by Gasteiger charge is 2.13. The zero-order chi connectivity index (χ0) is 13.8. The summed E-state index contributed by atoms with van der Waals surface area (Å²) in [6, 6.07) is 5.97. The Hall–Kier alpha value is -0.640. The summed E-state index contributed by atoms with van der Waals surface area (Å²) in [7, 11) is -4.32. The number of alkyl halides is 2. The van der Waals surface area contributed by atoms with Gasteiger partial charge in [-0.2, -0.15) is 8.42 Å². The molecule has 0 aliphatic heterocycles. The molecule has 1 amide bonds. The number of rotatable bonds is 5. The number of benzene rings is 1. The first-order valence-electron chi connectivity index (χ1n) is 4.68. The van der Waals surface area contributed by atoms with Gasteiger partial charge in [0, 0.05) is 11.0 Å². The van der Waals surface area contributed by atoms with Crippen molar-refractivity contribution in [3.8, 4) is 0 Å². The van der Waals surface area contributed by atoms with Crippen molar-refractivity contribution >= 4 is 59.4 Å². The van der Waals surface area contributed by atoms with Gasteiger partial charge in [-0.3, -0.25) is 14.1 Å². The Balaban J connectivity index is 2.80. The van der Waals surface area contributed by atoms with Gasteiger partial charge in [0.1, 0.15) is 4.83 Å². The number of nitrogens with one attached hydrogen (secondary N) is 2. The highest BCUT2D eigenvalue weighted by atomic mass is 79.9. The summed E-state index contributed by atoms with van der Waals surface area (Å²) in [6.07, 6.45) is 0. The average molecular weight is 402 g/mol. The molecule has 100 valence electrons. The minimum atomic E-state index is -4.32. The molecular weight excluding hydrogens is 392 g/mol. The summed E-state index contributed by atoms with van der Waals surface area (Å²) >= 11 is 6.31. The van der Waals surface area contributed by atoms with E-state index in [0.29, 0.717) is 11.0 Å². The average Bonchev–Trinajstić information content (AvgIpc) is 2.26. The lowest BCUT2D eigenvalue weighted by Crippen LogP contribution is -2.23. The van der Waals surface area contributed by atoms with Crippen molar-refractivity contribution < 1.29 is 17.8 Å². The van der Waals surface area contributed by atoms with E-state index >= 15 is 0 Å². The molecule has 1 aromatic carbocycles. The van der Waals surface area contributed by atoms with Crippen molar-refractivity contribution in [2.45, 2.75) is 4.83 Å². The summed E-state index contributed by atoms with van der Waals surface area (Å²) in [6.45, 7) is 0. The van der Waals surface area contributed by atoms with Crippen LogP contribution in [0.1, 0.15) is 0 Å². The lowest BCUT2D eigenvalue weighted by molar-refractivity contribution is -0.115. The highest BCUT2D eigenvalue weighted by Crippen LogP contribution is 2.17. The molecular formula is C9H10Br2N2O4S. The minimum absolute atomic E-state index is 0.153. The van der Waals surface area contributed by atoms with E-state index in [4.69, 9.17) is 4.55 Å². The van der Waals surface area contributed by atoms with E-state index in [0.717, 1.165) is 0 Å². The van der Waals surface area contributed by atoms with E-state index < -0.39 is 15.1 Å². The van der Waals surface area contributed by atoms with Crippen molar-refractivity contribution in [1.82, 2.24) is 0 Å². The highest BCUT2D eigenvalue weighted by molar-refractivity contribution is 9.12. The van der Waals surface area contributed by atoms with Crippen LogP contribution < -0.4 is 10.0 Å². The van der Waals surface area contributed by atoms with E-state index in [-0.39, 0.29) is 11.6 Å². The second-order valence-electron chi connectivity index (χ2n) is 3.27. The molecule has 0 spiro atoms. The number of hydrogen-bond donors (Lipinski definition) is 3. The molecule has 9 heteroatoms. The molecule has 0 fully saturated rings. The minimum Gasteiger partial charge on any atom is -0.325 e. The van der Waals surface area contributed by atoms with Crippen LogP contribution in [0.2, 0.25) is 0 Å². The van der Waals surface area contributed by atoms with Crippen LogP contribution in [-0.2, 0) is 15.1 Å². The van der Waals surface area contributed by atoms with Gasteiger partial charge >= 0.3 is 10.3 Å². The van der Waals surface area contributed by atoms with Gasteiger partial charge < -0.3 is 5.32 Å². The van der Waals surface area contributed by atoms with Crippen LogP contribution in [0, 0.1) is 0 Å². The monoisotopic (exact) mass is 400 g/mol. The second kappa shape index (κ2) is 6.50. The molecule has 18 heavy (non-hydrogen) atoms. The number of halogens is 2. The lowest BCUT2D eigenvalue weighted by Gasteiger charge is -2.09. The van der Waals surface area contributed by atoms with E-state index in [1.54, 1.807) is 12.1 Å². The maximum atomic E-state index is 11.6. The Labute approximate surface area is 121 Å². The van der Waals surface area contributed by atoms with E-state index in [1.807, 2.05) is 4.72 Å². The molecule has 1 rings (SSSR count). The van der Waals surface area contributed by atoms with E-state index in [2.05, 4.69) is 37.2 Å². The van der Waals surface area contributed by atoms with Crippen LogP contribution in [0.25, 0.3) is 0 Å². The topological polar surface area (TPSA) is 95.5 Å². The Morgan fingerprint density at radius 2 is 2.00 bits per heavy atom. The van der Waals surface area contributed by atoms with Gasteiger partial charge in [0.25, 0.3) is 0 Å². The third-order valence-corrected chi connectivity index (χ3v) is 4.55. The van der Waals surface area contributed by atoms with Crippen molar-refractivity contribution in [2.75, 3.05) is 15.4 Å². The maximum absolute atomic E-state index is 11.6. The van der Waals surface area contributed by atoms with Crippen molar-refractivity contribution in [3.63, 3.8) is 0 Å². The molecule has 0 radical (unpaired) electrons. The van der Waals surface area contributed by atoms with Crippen LogP contribution in [0.3, 0.4) is 0 Å². The maximum Gasteiger partial charge on any atom is 0.357 e. The van der Waals surface area contributed by atoms with Gasteiger partial charge in [0.2, 0.25) is 5.91 Å². The number of anilines is 2. The first-order valence-corrected chi connectivity index (χ1v) is 8.16. The smallest absolute Gasteiger partial charge is 0.325 e. The molecule has 3 N–H and O–H groups in total. The Morgan fingerprint density at radius 3 is 2.56 bits per heavy atom. The standard InChI is InChI=1S/C9H10Br2N2O4S/c10-5-8(11)9(14)12-6-2-1-3-7(4-6)13-18(15,16)17/h1-4,8,13H,5H2,(H,12,14)(H,15,16,17). The SMILES string of the molecule is O=C(Nc1cccc(NS(=O)(=O)O)c1)C(Br)CBr. The summed E-state index contributed by atoms with van der Waals surface area (Å²) in [5.74, 6) is -0.268. The molecule has 6 nitrogen and oxygen atoms in total. The molecule has 1 unspecified atom stereocenters. The third-order valence-electron chi connectivity index (χ3n) is 1.80. The fourth-order valence-electron chi connectivity index (χ4n) is 1.10. The van der Waals surface area contributed by atoms with Crippen molar-refractivity contribution in [3.05, 3.63) is 24.3 Å². The summed E-state index contributed by atoms with van der Waals surface area (Å²) in [5.41, 5.74) is 0.569. The Bertz CT molecular complexity index is 535. The molecule has 0 saturated carbocycles. The molecule has 0 heterocycles. The van der Waals surface area contributed by atoms with Gasteiger partial charge in [-0.15, -0.1) is 0 Å². The third kappa shape index (κ3) is 5.34. The van der Waals surface area contributed by atoms with E-state index in [1.165, 1.54) is 12.1 Å². The lowest BCUT2D eigenvalue weighted by atomic mass is 10.3. The summed E-state index contributed by atoms with van der Waals surface area (Å²) in [4.78, 5) is 11.2. The zero-order valence-corrected chi connectivity index (χ0v) is 12.9. The largest absolute Gasteiger partial charge is 0.357 e. The number of carbonyl (C=O) groups excluding carboxylic acids is 1. The quantitative estimate of drug-likeness (QED) is 0.519. The Morgan fingerprint density at radius 1 is 1.39 bits per heavy atom. The molecule has 0 bridgehead atoms. The van der Waals surface area contributed by atoms with Gasteiger partial charge in [-0.05, 0) is 18.2 Å². The van der Waals surface area contributed by atoms with Crippen LogP contribution >= 0.6 is 31.9 Å². The Kier molecular flexibility index (Phi) is 5.57. The van der Waals surface area contributed by atoms with Crippen molar-refractivity contribution in [1.29, 1.82) is 0 Å². The number of amides is 1. The van der Waals surface area contributed by atoms with Gasteiger partial charge in [0.05, 0.1) is 5.69 Å². The predicted octanol–water partition coefficient (Wildman–Crippen LogP) is 2.00. The molecule has 0 saturated heterocycles. The van der Waals surface area contributed by atoms with Gasteiger partial charge in [-0.1, -0.05) is 37.9 Å². The fraction of sp³-hybridized carbons (Fsp3) is 0.222. The summed E-state index contributed by atoms with van der Waals surface area (Å²) in [5, 5.41) is 3.03. The van der Waals surface area contributed by atoms with Crippen LogP contribution in [-0.4, -0.2) is 29.0 Å². The first-order chi connectivity index (χ1) is 8.31. The molecule has 0 aliphatic rings. The molecule has 0 aliphatic carbocycles. The van der Waals surface area contributed by atoms with Gasteiger partial charge in [-0.25, -0.2) is 0 Å². The normalized spacial score (nSPS) is 12.8.